The third-order valence-electron chi connectivity index (χ3n) is 5.57. The average molecular weight is 174 g/mol. The zero-order chi connectivity index (χ0) is 8.74. The van der Waals surface area contributed by atoms with Gasteiger partial charge in [-0.1, -0.05) is 25.0 Å². The van der Waals surface area contributed by atoms with Crippen molar-refractivity contribution in [3.8, 4) is 0 Å². The Morgan fingerprint density at radius 3 is 1.85 bits per heavy atom. The van der Waals surface area contributed by atoms with Crippen molar-refractivity contribution in [3.63, 3.8) is 0 Å². The van der Waals surface area contributed by atoms with E-state index >= 15 is 0 Å². The zero-order valence-corrected chi connectivity index (χ0v) is 8.59. The van der Waals surface area contributed by atoms with E-state index in [1.807, 2.05) is 11.1 Å². The molecular weight excluding hydrogens is 156 g/mol. The summed E-state index contributed by atoms with van der Waals surface area (Å²) in [5, 5.41) is 0. The quantitative estimate of drug-likeness (QED) is 0.564. The predicted octanol–water partition coefficient (Wildman–Crippen LogP) is 3.24. The standard InChI is InChI=1S/C13H18/c1-3-6-7(4-2)11-8-5-9-12(10(6)8)13(9)11/h8-13H,3-5H2,1-2H3. The van der Waals surface area contributed by atoms with Crippen LogP contribution in [0.25, 0.3) is 0 Å². The molecule has 0 amide bonds. The van der Waals surface area contributed by atoms with E-state index in [0.29, 0.717) is 0 Å². The van der Waals surface area contributed by atoms with E-state index in [9.17, 15) is 0 Å². The summed E-state index contributed by atoms with van der Waals surface area (Å²) in [5.74, 6) is 6.93. The van der Waals surface area contributed by atoms with Gasteiger partial charge in [0.2, 0.25) is 0 Å². The Morgan fingerprint density at radius 2 is 1.46 bits per heavy atom. The van der Waals surface area contributed by atoms with Crippen LogP contribution in [0.1, 0.15) is 33.1 Å². The smallest absolute Gasteiger partial charge is 0.0132 e. The third kappa shape index (κ3) is 0.532. The van der Waals surface area contributed by atoms with E-state index in [1.54, 1.807) is 6.42 Å². The molecule has 6 bridgehead atoms. The van der Waals surface area contributed by atoms with Gasteiger partial charge in [-0.2, -0.15) is 0 Å². The SMILES string of the molecule is CCC1=C(CC)C2C3CC4C(C13)C42. The van der Waals surface area contributed by atoms with Crippen LogP contribution in [0, 0.1) is 35.5 Å². The lowest BCUT2D eigenvalue weighted by Crippen LogP contribution is -2.04. The van der Waals surface area contributed by atoms with Gasteiger partial charge in [0.05, 0.1) is 0 Å². The molecule has 70 valence electrons. The van der Waals surface area contributed by atoms with Crippen LogP contribution in [-0.4, -0.2) is 0 Å². The number of rotatable bonds is 2. The Labute approximate surface area is 80.4 Å². The minimum Gasteiger partial charge on any atom is -0.0673 e. The van der Waals surface area contributed by atoms with Gasteiger partial charge in [0, 0.05) is 0 Å². The van der Waals surface area contributed by atoms with Crippen LogP contribution < -0.4 is 0 Å². The molecule has 0 radical (unpaired) electrons. The van der Waals surface area contributed by atoms with E-state index in [0.717, 1.165) is 17.8 Å². The topological polar surface area (TPSA) is 0 Å². The highest BCUT2D eigenvalue weighted by Gasteiger charge is 2.76. The fraction of sp³-hybridized carbons (Fsp3) is 0.846. The van der Waals surface area contributed by atoms with Crippen molar-refractivity contribution in [2.75, 3.05) is 0 Å². The molecule has 0 aromatic heterocycles. The summed E-state index contributed by atoms with van der Waals surface area (Å²) >= 11 is 0. The fourth-order valence-corrected chi connectivity index (χ4v) is 5.49. The van der Waals surface area contributed by atoms with Gasteiger partial charge in [0.1, 0.15) is 0 Å². The molecule has 0 heterocycles. The Balaban J connectivity index is 1.86. The highest BCUT2D eigenvalue weighted by Crippen LogP contribution is 2.82. The molecule has 5 aliphatic carbocycles. The average Bonchev–Trinajstić information content (AvgIpc) is 2.59. The van der Waals surface area contributed by atoms with Crippen LogP contribution in [0.5, 0.6) is 0 Å². The third-order valence-corrected chi connectivity index (χ3v) is 5.57. The zero-order valence-electron chi connectivity index (χ0n) is 8.59. The Bertz CT molecular complexity index is 284. The number of hydrogen-bond acceptors (Lipinski definition) is 0. The molecular formula is C13H18. The van der Waals surface area contributed by atoms with E-state index in [4.69, 9.17) is 0 Å². The molecule has 4 fully saturated rings. The second-order valence-electron chi connectivity index (χ2n) is 5.53. The predicted molar refractivity (Wildman–Crippen MR) is 53.2 cm³/mol. The summed E-state index contributed by atoms with van der Waals surface area (Å²) in [7, 11) is 0. The van der Waals surface area contributed by atoms with Gasteiger partial charge in [-0.15, -0.1) is 0 Å². The molecule has 0 aliphatic heterocycles. The molecule has 5 rings (SSSR count). The minimum absolute atomic E-state index is 1.10. The molecule has 5 aliphatic rings. The van der Waals surface area contributed by atoms with Gasteiger partial charge in [0.15, 0.2) is 0 Å². The molecule has 13 heavy (non-hydrogen) atoms. The number of allylic oxidation sites excluding steroid dienone is 2. The van der Waals surface area contributed by atoms with Gasteiger partial charge in [-0.05, 0) is 54.8 Å². The van der Waals surface area contributed by atoms with Crippen LogP contribution in [0.3, 0.4) is 0 Å². The van der Waals surface area contributed by atoms with Crippen LogP contribution in [0.4, 0.5) is 0 Å². The van der Waals surface area contributed by atoms with Crippen molar-refractivity contribution in [1.82, 2.24) is 0 Å². The molecule has 4 saturated carbocycles. The second kappa shape index (κ2) is 1.89. The lowest BCUT2D eigenvalue weighted by atomic mass is 9.89. The van der Waals surface area contributed by atoms with Crippen molar-refractivity contribution in [3.05, 3.63) is 11.1 Å². The van der Waals surface area contributed by atoms with Gasteiger partial charge < -0.3 is 0 Å². The molecule has 0 aromatic carbocycles. The Hall–Kier alpha value is -0.260. The number of hydrogen-bond donors (Lipinski definition) is 0. The van der Waals surface area contributed by atoms with E-state index in [1.165, 1.54) is 30.6 Å². The second-order valence-corrected chi connectivity index (χ2v) is 5.53. The van der Waals surface area contributed by atoms with Crippen molar-refractivity contribution in [2.45, 2.75) is 33.1 Å². The van der Waals surface area contributed by atoms with Gasteiger partial charge in [-0.25, -0.2) is 0 Å². The molecule has 0 saturated heterocycles. The van der Waals surface area contributed by atoms with Gasteiger partial charge in [0.25, 0.3) is 0 Å². The highest BCUT2D eigenvalue weighted by atomic mass is 14.8. The first-order valence-corrected chi connectivity index (χ1v) is 6.10. The first kappa shape index (κ1) is 7.09. The highest BCUT2D eigenvalue weighted by molar-refractivity contribution is 5.43. The molecule has 0 aromatic rings. The normalized spacial score (nSPS) is 59.5. The van der Waals surface area contributed by atoms with Crippen molar-refractivity contribution in [1.29, 1.82) is 0 Å². The molecule has 0 nitrogen and oxygen atoms in total. The van der Waals surface area contributed by atoms with E-state index in [2.05, 4.69) is 13.8 Å². The van der Waals surface area contributed by atoms with Crippen LogP contribution >= 0.6 is 0 Å². The lowest BCUT2D eigenvalue weighted by Gasteiger charge is -2.16. The fourth-order valence-electron chi connectivity index (χ4n) is 5.49. The molecule has 0 spiro atoms. The maximum absolute atomic E-state index is 2.38. The summed E-state index contributed by atoms with van der Waals surface area (Å²) < 4.78 is 0. The molecule has 4 atom stereocenters. The summed E-state index contributed by atoms with van der Waals surface area (Å²) in [4.78, 5) is 0. The van der Waals surface area contributed by atoms with Crippen LogP contribution in [0.2, 0.25) is 0 Å². The maximum Gasteiger partial charge on any atom is -0.0132 e. The lowest BCUT2D eigenvalue weighted by molar-refractivity contribution is 0.447. The Morgan fingerprint density at radius 1 is 0.923 bits per heavy atom. The van der Waals surface area contributed by atoms with Gasteiger partial charge >= 0.3 is 0 Å². The molecule has 0 heteroatoms. The first-order valence-electron chi connectivity index (χ1n) is 6.10. The summed E-state index contributed by atoms with van der Waals surface area (Å²) in [6.45, 7) is 4.75. The van der Waals surface area contributed by atoms with Crippen molar-refractivity contribution in [2.24, 2.45) is 35.5 Å². The minimum atomic E-state index is 1.10. The van der Waals surface area contributed by atoms with Crippen LogP contribution in [-0.2, 0) is 0 Å². The summed E-state index contributed by atoms with van der Waals surface area (Å²) in [5.41, 5.74) is 3.83. The first-order chi connectivity index (χ1) is 6.38. The van der Waals surface area contributed by atoms with Crippen molar-refractivity contribution < 1.29 is 0 Å². The molecule has 4 unspecified atom stereocenters. The molecule has 0 N–H and O–H groups in total. The van der Waals surface area contributed by atoms with Crippen molar-refractivity contribution >= 4 is 0 Å². The van der Waals surface area contributed by atoms with E-state index < -0.39 is 0 Å². The monoisotopic (exact) mass is 174 g/mol. The Kier molecular flexibility index (Phi) is 1.03. The van der Waals surface area contributed by atoms with Crippen LogP contribution in [0.15, 0.2) is 11.1 Å². The summed E-state index contributed by atoms with van der Waals surface area (Å²) in [6.07, 6.45) is 4.32. The summed E-state index contributed by atoms with van der Waals surface area (Å²) in [6, 6.07) is 0. The maximum atomic E-state index is 2.38. The largest absolute Gasteiger partial charge is 0.0673 e. The van der Waals surface area contributed by atoms with Gasteiger partial charge in [-0.3, -0.25) is 0 Å². The van der Waals surface area contributed by atoms with E-state index in [-0.39, 0.29) is 0 Å².